The molecule has 0 fully saturated rings. The molecular weight excluding hydrogens is 378 g/mol. The van der Waals surface area contributed by atoms with Gasteiger partial charge in [-0.3, -0.25) is 10.1 Å². The second kappa shape index (κ2) is 8.87. The molecule has 1 aromatic carbocycles. The Hall–Kier alpha value is -2.88. The smallest absolute Gasteiger partial charge is 0.257 e. The van der Waals surface area contributed by atoms with Gasteiger partial charge in [-0.05, 0) is 54.5 Å². The van der Waals surface area contributed by atoms with Crippen LogP contribution in [-0.2, 0) is 13.0 Å². The summed E-state index contributed by atoms with van der Waals surface area (Å²) in [5, 5.41) is 23.9. The van der Waals surface area contributed by atoms with Crippen molar-refractivity contribution in [3.8, 4) is 5.75 Å². The first-order chi connectivity index (χ1) is 13.4. The number of nitrogens with one attached hydrogen (secondary N) is 1. The number of carbonyl (C=O) groups is 1. The quantitative estimate of drug-likeness (QED) is 0.618. The molecule has 0 aliphatic rings. The van der Waals surface area contributed by atoms with E-state index in [1.165, 1.54) is 11.3 Å². The summed E-state index contributed by atoms with van der Waals surface area (Å²) in [6.07, 6.45) is 0.847. The number of tetrazole rings is 1. The lowest BCUT2D eigenvalue weighted by atomic mass is 10.1. The summed E-state index contributed by atoms with van der Waals surface area (Å²) < 4.78 is 7.42. The fourth-order valence-electron chi connectivity index (χ4n) is 2.46. The first-order valence-electron chi connectivity index (χ1n) is 9.05. The Bertz CT molecular complexity index is 918. The highest BCUT2D eigenvalue weighted by Crippen LogP contribution is 2.20. The van der Waals surface area contributed by atoms with Gasteiger partial charge in [0.15, 0.2) is 5.82 Å². The lowest BCUT2D eigenvalue weighted by Gasteiger charge is -2.09. The Morgan fingerprint density at radius 2 is 1.89 bits per heavy atom. The third-order valence-electron chi connectivity index (χ3n) is 3.80. The van der Waals surface area contributed by atoms with Crippen molar-refractivity contribution in [3.05, 3.63) is 40.7 Å². The molecule has 2 aromatic heterocycles. The van der Waals surface area contributed by atoms with Crippen molar-refractivity contribution >= 4 is 22.4 Å². The van der Waals surface area contributed by atoms with Crippen molar-refractivity contribution in [1.82, 2.24) is 30.4 Å². The minimum Gasteiger partial charge on any atom is -0.486 e. The fourth-order valence-corrected chi connectivity index (χ4v) is 3.41. The van der Waals surface area contributed by atoms with Gasteiger partial charge in [0, 0.05) is 12.0 Å². The third kappa shape index (κ3) is 5.10. The summed E-state index contributed by atoms with van der Waals surface area (Å²) in [7, 11) is 0. The van der Waals surface area contributed by atoms with E-state index in [1.807, 2.05) is 13.8 Å². The van der Waals surface area contributed by atoms with E-state index >= 15 is 0 Å². The average Bonchev–Trinajstić information content (AvgIpc) is 3.29. The van der Waals surface area contributed by atoms with E-state index in [0.717, 1.165) is 11.4 Å². The summed E-state index contributed by atoms with van der Waals surface area (Å²) >= 11 is 1.40. The Balaban J connectivity index is 1.56. The average molecular weight is 401 g/mol. The highest BCUT2D eigenvalue weighted by atomic mass is 32.1. The van der Waals surface area contributed by atoms with Gasteiger partial charge < -0.3 is 4.74 Å². The van der Waals surface area contributed by atoms with Crippen molar-refractivity contribution < 1.29 is 9.53 Å². The van der Waals surface area contributed by atoms with E-state index in [1.54, 1.807) is 28.9 Å². The van der Waals surface area contributed by atoms with Gasteiger partial charge >= 0.3 is 0 Å². The lowest BCUT2D eigenvalue weighted by Crippen LogP contribution is -2.12. The van der Waals surface area contributed by atoms with E-state index in [9.17, 15) is 4.79 Å². The lowest BCUT2D eigenvalue weighted by molar-refractivity contribution is 0.102. The van der Waals surface area contributed by atoms with Gasteiger partial charge in [0.2, 0.25) is 5.13 Å². The summed E-state index contributed by atoms with van der Waals surface area (Å²) in [6.45, 7) is 8.48. The molecule has 2 heterocycles. The molecule has 9 nitrogen and oxygen atoms in total. The number of carbonyl (C=O) groups excluding carboxylic acids is 1. The van der Waals surface area contributed by atoms with Crippen LogP contribution in [0.3, 0.4) is 0 Å². The molecule has 0 aliphatic heterocycles. The molecule has 148 valence electrons. The number of hydrogen-bond donors (Lipinski definition) is 1. The number of hydrogen-bond acceptors (Lipinski definition) is 8. The van der Waals surface area contributed by atoms with Gasteiger partial charge in [0.1, 0.15) is 17.4 Å². The normalized spacial score (nSPS) is 11.2. The molecule has 1 N–H and O–H groups in total. The number of amides is 1. The fraction of sp³-hybridized carbons (Fsp3) is 0.444. The Kier molecular flexibility index (Phi) is 6.30. The molecule has 10 heteroatoms. The van der Waals surface area contributed by atoms with Gasteiger partial charge in [-0.1, -0.05) is 25.2 Å². The van der Waals surface area contributed by atoms with Crippen LogP contribution in [0.1, 0.15) is 54.9 Å². The molecule has 0 spiro atoms. The Morgan fingerprint density at radius 1 is 1.14 bits per heavy atom. The van der Waals surface area contributed by atoms with Crippen LogP contribution in [0.2, 0.25) is 0 Å². The van der Waals surface area contributed by atoms with Gasteiger partial charge in [0.25, 0.3) is 5.91 Å². The van der Waals surface area contributed by atoms with E-state index in [-0.39, 0.29) is 18.6 Å². The van der Waals surface area contributed by atoms with Crippen LogP contribution in [0, 0.1) is 5.92 Å². The molecule has 0 atom stereocenters. The van der Waals surface area contributed by atoms with E-state index in [2.05, 4.69) is 44.9 Å². The van der Waals surface area contributed by atoms with Crippen molar-refractivity contribution in [3.63, 3.8) is 0 Å². The second-order valence-electron chi connectivity index (χ2n) is 7.00. The Labute approximate surface area is 167 Å². The number of anilines is 1. The van der Waals surface area contributed by atoms with Crippen LogP contribution in [0.5, 0.6) is 5.75 Å². The zero-order valence-electron chi connectivity index (χ0n) is 16.3. The molecule has 0 bridgehead atoms. The van der Waals surface area contributed by atoms with Gasteiger partial charge in [-0.25, -0.2) is 4.68 Å². The predicted molar refractivity (Wildman–Crippen MR) is 105 cm³/mol. The molecule has 0 aliphatic carbocycles. The summed E-state index contributed by atoms with van der Waals surface area (Å²) in [6, 6.07) is 7.03. The highest BCUT2D eigenvalue weighted by molar-refractivity contribution is 7.15. The number of aromatic nitrogens is 6. The van der Waals surface area contributed by atoms with Crippen LogP contribution in [0.15, 0.2) is 24.3 Å². The molecule has 3 rings (SSSR count). The maximum absolute atomic E-state index is 12.4. The first kappa shape index (κ1) is 19.9. The third-order valence-corrected chi connectivity index (χ3v) is 4.67. The molecule has 1 amide bonds. The molecule has 0 radical (unpaired) electrons. The topological polar surface area (TPSA) is 108 Å². The minimum atomic E-state index is -0.234. The van der Waals surface area contributed by atoms with Gasteiger partial charge in [-0.2, -0.15) is 0 Å². The van der Waals surface area contributed by atoms with E-state index in [0.29, 0.717) is 28.2 Å². The first-order valence-corrected chi connectivity index (χ1v) is 9.87. The molecular formula is C18H23N7O2S. The maximum atomic E-state index is 12.4. The van der Waals surface area contributed by atoms with Crippen LogP contribution in [0.4, 0.5) is 5.13 Å². The molecule has 3 aromatic rings. The number of nitrogens with zero attached hydrogens (tertiary/aromatic N) is 6. The standard InChI is InChI=1S/C18H23N7O2S/c1-11(2)9-16-21-22-18(28-16)19-17(26)13-5-7-14(8-6-13)27-10-15-20-23-24-25(15)12(3)4/h5-8,11-12H,9-10H2,1-4H3,(H,19,22,26). The zero-order valence-corrected chi connectivity index (χ0v) is 17.1. The number of rotatable bonds is 8. The van der Waals surface area contributed by atoms with E-state index in [4.69, 9.17) is 4.74 Å². The van der Waals surface area contributed by atoms with Crippen LogP contribution >= 0.6 is 11.3 Å². The van der Waals surface area contributed by atoms with Gasteiger partial charge in [-0.15, -0.1) is 15.3 Å². The summed E-state index contributed by atoms with van der Waals surface area (Å²) in [4.78, 5) is 12.4. The highest BCUT2D eigenvalue weighted by Gasteiger charge is 2.12. The predicted octanol–water partition coefficient (Wildman–Crippen LogP) is 3.14. The zero-order chi connectivity index (χ0) is 20.1. The largest absolute Gasteiger partial charge is 0.486 e. The summed E-state index contributed by atoms with van der Waals surface area (Å²) in [5.41, 5.74) is 0.514. The molecule has 0 unspecified atom stereocenters. The minimum absolute atomic E-state index is 0.154. The number of ether oxygens (including phenoxy) is 1. The second-order valence-corrected chi connectivity index (χ2v) is 8.06. The van der Waals surface area contributed by atoms with Crippen LogP contribution < -0.4 is 10.1 Å². The van der Waals surface area contributed by atoms with Crippen molar-refractivity contribution in [2.45, 2.75) is 46.8 Å². The molecule has 28 heavy (non-hydrogen) atoms. The molecule has 0 saturated carbocycles. The molecule has 0 saturated heterocycles. The van der Waals surface area contributed by atoms with Crippen LogP contribution in [0.25, 0.3) is 0 Å². The Morgan fingerprint density at radius 3 is 2.57 bits per heavy atom. The summed E-state index contributed by atoms with van der Waals surface area (Å²) in [5.74, 6) is 1.53. The van der Waals surface area contributed by atoms with Crippen molar-refractivity contribution in [2.75, 3.05) is 5.32 Å². The van der Waals surface area contributed by atoms with Crippen molar-refractivity contribution in [1.29, 1.82) is 0 Å². The van der Waals surface area contributed by atoms with Crippen LogP contribution in [-0.4, -0.2) is 36.3 Å². The number of benzene rings is 1. The SMILES string of the molecule is CC(C)Cc1nnc(NC(=O)c2ccc(OCc3nnnn3C(C)C)cc2)s1. The van der Waals surface area contributed by atoms with Crippen molar-refractivity contribution in [2.24, 2.45) is 5.92 Å². The monoisotopic (exact) mass is 401 g/mol. The maximum Gasteiger partial charge on any atom is 0.257 e. The van der Waals surface area contributed by atoms with E-state index < -0.39 is 0 Å². The van der Waals surface area contributed by atoms with Gasteiger partial charge in [0.05, 0.1) is 6.04 Å².